The smallest absolute Gasteiger partial charge is 0.407 e. The van der Waals surface area contributed by atoms with Gasteiger partial charge in [-0.1, -0.05) is 0 Å². The summed E-state index contributed by atoms with van der Waals surface area (Å²) < 4.78 is 4.37. The first-order chi connectivity index (χ1) is 5.74. The first kappa shape index (κ1) is 8.83. The van der Waals surface area contributed by atoms with Crippen molar-refractivity contribution in [3.05, 3.63) is 0 Å². The van der Waals surface area contributed by atoms with Crippen molar-refractivity contribution in [2.45, 2.75) is 18.9 Å². The average Bonchev–Trinajstić information content (AvgIpc) is 2.09. The van der Waals surface area contributed by atoms with Gasteiger partial charge in [-0.15, -0.1) is 0 Å². The van der Waals surface area contributed by atoms with Gasteiger partial charge in [-0.05, 0) is 12.8 Å². The Hall–Kier alpha value is -1.26. The Kier molecular flexibility index (Phi) is 2.90. The Balaban J connectivity index is 2.39. The maximum Gasteiger partial charge on any atom is 0.407 e. The Bertz CT molecular complexity index is 193. The quantitative estimate of drug-likeness (QED) is 0.566. The van der Waals surface area contributed by atoms with E-state index in [-0.39, 0.29) is 5.91 Å². The van der Waals surface area contributed by atoms with Crippen molar-refractivity contribution < 1.29 is 14.3 Å². The summed E-state index contributed by atoms with van der Waals surface area (Å²) in [6.07, 6.45) is 1.01. The second kappa shape index (κ2) is 3.94. The van der Waals surface area contributed by atoms with Gasteiger partial charge in [0.15, 0.2) is 0 Å². The standard InChI is InChI=1S/C7H12N2O3/c1-12-7(11)9-5-3-2-4-8-6(5)10/h5H,2-4H2,1H3,(H,8,10)(H,9,11). The molecule has 68 valence electrons. The van der Waals surface area contributed by atoms with Gasteiger partial charge in [0.25, 0.3) is 0 Å². The minimum atomic E-state index is -0.558. The lowest BCUT2D eigenvalue weighted by molar-refractivity contribution is -0.124. The molecule has 1 heterocycles. The van der Waals surface area contributed by atoms with Gasteiger partial charge in [-0.2, -0.15) is 0 Å². The van der Waals surface area contributed by atoms with Gasteiger partial charge in [-0.25, -0.2) is 4.79 Å². The Morgan fingerprint density at radius 3 is 3.08 bits per heavy atom. The van der Waals surface area contributed by atoms with E-state index < -0.39 is 12.1 Å². The van der Waals surface area contributed by atoms with Gasteiger partial charge in [0, 0.05) is 6.54 Å². The number of alkyl carbamates (subject to hydrolysis) is 1. The van der Waals surface area contributed by atoms with Gasteiger partial charge < -0.3 is 15.4 Å². The van der Waals surface area contributed by atoms with E-state index in [2.05, 4.69) is 15.4 Å². The van der Waals surface area contributed by atoms with Gasteiger partial charge in [0.05, 0.1) is 7.11 Å². The Labute approximate surface area is 70.5 Å². The van der Waals surface area contributed by atoms with Crippen molar-refractivity contribution in [3.63, 3.8) is 0 Å². The van der Waals surface area contributed by atoms with E-state index in [1.54, 1.807) is 0 Å². The fraction of sp³-hybridized carbons (Fsp3) is 0.714. The first-order valence-electron chi connectivity index (χ1n) is 3.86. The zero-order valence-corrected chi connectivity index (χ0v) is 6.92. The molecule has 1 unspecified atom stereocenters. The number of carbonyl (C=O) groups excluding carboxylic acids is 2. The molecule has 0 spiro atoms. The van der Waals surface area contributed by atoms with Crippen LogP contribution in [-0.4, -0.2) is 31.7 Å². The normalized spacial score (nSPS) is 22.8. The van der Waals surface area contributed by atoms with Crippen molar-refractivity contribution in [1.82, 2.24) is 10.6 Å². The zero-order chi connectivity index (χ0) is 8.97. The molecule has 0 aromatic rings. The average molecular weight is 172 g/mol. The van der Waals surface area contributed by atoms with Gasteiger partial charge >= 0.3 is 6.09 Å². The lowest BCUT2D eigenvalue weighted by Gasteiger charge is -2.21. The highest BCUT2D eigenvalue weighted by molar-refractivity contribution is 5.86. The molecule has 1 aliphatic heterocycles. The molecule has 1 rings (SSSR count). The van der Waals surface area contributed by atoms with Crippen LogP contribution in [0.2, 0.25) is 0 Å². The van der Waals surface area contributed by atoms with Crippen LogP contribution in [0.25, 0.3) is 0 Å². The minimum absolute atomic E-state index is 0.133. The van der Waals surface area contributed by atoms with Crippen LogP contribution in [0.4, 0.5) is 4.79 Å². The summed E-state index contributed by atoms with van der Waals surface area (Å²) in [5.74, 6) is -0.133. The van der Waals surface area contributed by atoms with Gasteiger partial charge in [-0.3, -0.25) is 4.79 Å². The summed E-state index contributed by atoms with van der Waals surface area (Å²) >= 11 is 0. The number of nitrogens with one attached hydrogen (secondary N) is 2. The lowest BCUT2D eigenvalue weighted by Crippen LogP contribution is -2.50. The molecule has 0 aromatic carbocycles. The van der Waals surface area contributed by atoms with Crippen molar-refractivity contribution in [1.29, 1.82) is 0 Å². The zero-order valence-electron chi connectivity index (χ0n) is 6.92. The third kappa shape index (κ3) is 2.11. The highest BCUT2D eigenvalue weighted by atomic mass is 16.5. The summed E-state index contributed by atoms with van der Waals surface area (Å²) in [5, 5.41) is 5.10. The van der Waals surface area contributed by atoms with Crippen LogP contribution in [0.15, 0.2) is 0 Å². The van der Waals surface area contributed by atoms with Gasteiger partial charge in [0.2, 0.25) is 5.91 Å². The second-order valence-corrected chi connectivity index (χ2v) is 2.62. The van der Waals surface area contributed by atoms with E-state index in [9.17, 15) is 9.59 Å². The summed E-state index contributed by atoms with van der Waals surface area (Å²) in [4.78, 5) is 21.8. The van der Waals surface area contributed by atoms with E-state index in [0.717, 1.165) is 6.42 Å². The topological polar surface area (TPSA) is 67.4 Å². The predicted molar refractivity (Wildman–Crippen MR) is 41.6 cm³/mol. The molecule has 1 fully saturated rings. The summed E-state index contributed by atoms with van der Waals surface area (Å²) in [5.41, 5.74) is 0. The molecule has 1 aliphatic rings. The van der Waals surface area contributed by atoms with Crippen molar-refractivity contribution >= 4 is 12.0 Å². The molecule has 5 heteroatoms. The summed E-state index contributed by atoms with van der Waals surface area (Å²) in [7, 11) is 1.27. The number of rotatable bonds is 1. The largest absolute Gasteiger partial charge is 0.453 e. The Morgan fingerprint density at radius 2 is 2.50 bits per heavy atom. The molecule has 1 atom stereocenters. The number of piperidine rings is 1. The first-order valence-corrected chi connectivity index (χ1v) is 3.86. The second-order valence-electron chi connectivity index (χ2n) is 2.62. The van der Waals surface area contributed by atoms with Crippen LogP contribution >= 0.6 is 0 Å². The fourth-order valence-electron chi connectivity index (χ4n) is 1.11. The molecule has 0 radical (unpaired) electrons. The number of carbonyl (C=O) groups is 2. The van der Waals surface area contributed by atoms with Gasteiger partial charge in [0.1, 0.15) is 6.04 Å². The molecule has 5 nitrogen and oxygen atoms in total. The number of ether oxygens (including phenoxy) is 1. The maximum atomic E-state index is 11.1. The maximum absolute atomic E-state index is 11.1. The highest BCUT2D eigenvalue weighted by Crippen LogP contribution is 2.02. The number of amides is 2. The lowest BCUT2D eigenvalue weighted by atomic mass is 10.1. The fourth-order valence-corrected chi connectivity index (χ4v) is 1.11. The number of methoxy groups -OCH3 is 1. The molecule has 0 bridgehead atoms. The van der Waals surface area contributed by atoms with Crippen LogP contribution in [0, 0.1) is 0 Å². The Morgan fingerprint density at radius 1 is 1.75 bits per heavy atom. The van der Waals surface area contributed by atoms with Crippen LogP contribution in [0.5, 0.6) is 0 Å². The van der Waals surface area contributed by atoms with Crippen molar-refractivity contribution in [2.24, 2.45) is 0 Å². The van der Waals surface area contributed by atoms with E-state index in [0.29, 0.717) is 13.0 Å². The van der Waals surface area contributed by atoms with Crippen LogP contribution in [0.1, 0.15) is 12.8 Å². The van der Waals surface area contributed by atoms with E-state index in [1.165, 1.54) is 7.11 Å². The molecule has 2 N–H and O–H groups in total. The van der Waals surface area contributed by atoms with Crippen LogP contribution < -0.4 is 10.6 Å². The molecule has 0 aromatic heterocycles. The van der Waals surface area contributed by atoms with Crippen LogP contribution in [0.3, 0.4) is 0 Å². The molecule has 0 saturated carbocycles. The number of hydrogen-bond acceptors (Lipinski definition) is 3. The third-order valence-corrected chi connectivity index (χ3v) is 1.76. The molecule has 12 heavy (non-hydrogen) atoms. The van der Waals surface area contributed by atoms with E-state index in [4.69, 9.17) is 0 Å². The van der Waals surface area contributed by atoms with E-state index >= 15 is 0 Å². The predicted octanol–water partition coefficient (Wildman–Crippen LogP) is -0.379. The van der Waals surface area contributed by atoms with Crippen LogP contribution in [-0.2, 0) is 9.53 Å². The molecular weight excluding hydrogens is 160 g/mol. The minimum Gasteiger partial charge on any atom is -0.453 e. The van der Waals surface area contributed by atoms with Crippen molar-refractivity contribution in [3.8, 4) is 0 Å². The number of hydrogen-bond donors (Lipinski definition) is 2. The monoisotopic (exact) mass is 172 g/mol. The highest BCUT2D eigenvalue weighted by Gasteiger charge is 2.23. The molecule has 0 aliphatic carbocycles. The SMILES string of the molecule is COC(=O)NC1CCCNC1=O. The molecular formula is C7H12N2O3. The van der Waals surface area contributed by atoms with Crippen molar-refractivity contribution in [2.75, 3.05) is 13.7 Å². The molecule has 1 saturated heterocycles. The summed E-state index contributed by atoms with van der Waals surface area (Å²) in [6.45, 7) is 0.693. The summed E-state index contributed by atoms with van der Waals surface area (Å²) in [6, 6.07) is -0.425. The van der Waals surface area contributed by atoms with E-state index in [1.807, 2.05) is 0 Å². The third-order valence-electron chi connectivity index (χ3n) is 1.76. The molecule has 2 amide bonds.